The van der Waals surface area contributed by atoms with Crippen molar-refractivity contribution in [2.24, 2.45) is 5.92 Å². The average molecular weight is 1470 g/mol. The lowest BCUT2D eigenvalue weighted by Crippen LogP contribution is -2.30. The molecule has 0 aliphatic heterocycles. The molecule has 3 unspecified atom stereocenters. The van der Waals surface area contributed by atoms with Gasteiger partial charge in [-0.25, -0.2) is 9.13 Å². The predicted octanol–water partition coefficient (Wildman–Crippen LogP) is 24.4. The van der Waals surface area contributed by atoms with Crippen molar-refractivity contribution in [1.82, 2.24) is 0 Å². The first kappa shape index (κ1) is 98.1. The van der Waals surface area contributed by atoms with Crippen LogP contribution in [0.3, 0.4) is 0 Å². The van der Waals surface area contributed by atoms with Crippen LogP contribution in [0.4, 0.5) is 0 Å². The van der Waals surface area contributed by atoms with Gasteiger partial charge in [-0.3, -0.25) is 37.3 Å². The third-order valence-electron chi connectivity index (χ3n) is 19.4. The molecule has 0 aromatic carbocycles. The van der Waals surface area contributed by atoms with E-state index in [1.54, 1.807) is 0 Å². The van der Waals surface area contributed by atoms with E-state index < -0.39 is 97.5 Å². The number of hydrogen-bond donors (Lipinski definition) is 3. The summed E-state index contributed by atoms with van der Waals surface area (Å²) in [5, 5.41) is 10.6. The predicted molar refractivity (Wildman–Crippen MR) is 409 cm³/mol. The first-order valence-corrected chi connectivity index (χ1v) is 45.2. The second kappa shape index (κ2) is 73.9. The Morgan fingerprint density at radius 1 is 0.280 bits per heavy atom. The summed E-state index contributed by atoms with van der Waals surface area (Å²) in [6, 6.07) is 0. The van der Waals surface area contributed by atoms with Gasteiger partial charge in [0.15, 0.2) is 12.2 Å². The SMILES string of the molecule is CCCCCCCCCCCCCCCCCCCCCCCC(=O)O[C@H](COC(=O)CCCCCCCCCCCCCCCCC(C)CC)COP(=O)(O)OC[C@@H](O)COP(=O)(O)OC[C@@H](COC(=O)CCCCCCC)OC(=O)CCCCCCCCCCCCCCCCCC. The summed E-state index contributed by atoms with van der Waals surface area (Å²) in [6.45, 7) is 7.30. The third kappa shape index (κ3) is 73.0. The van der Waals surface area contributed by atoms with E-state index in [4.69, 9.17) is 37.0 Å². The van der Waals surface area contributed by atoms with E-state index in [9.17, 15) is 43.2 Å². The van der Waals surface area contributed by atoms with Gasteiger partial charge in [0.1, 0.15) is 19.3 Å². The number of esters is 4. The number of carbonyl (C=O) groups excluding carboxylic acids is 4. The normalized spacial score (nSPS) is 14.1. The second-order valence-electron chi connectivity index (χ2n) is 29.4. The molecule has 0 aromatic heterocycles. The second-order valence-corrected chi connectivity index (χ2v) is 32.3. The highest BCUT2D eigenvalue weighted by Crippen LogP contribution is 2.45. The number of rotatable bonds is 81. The van der Waals surface area contributed by atoms with E-state index in [1.165, 1.54) is 250 Å². The van der Waals surface area contributed by atoms with Crippen molar-refractivity contribution in [1.29, 1.82) is 0 Å². The van der Waals surface area contributed by atoms with Crippen LogP contribution >= 0.6 is 15.6 Å². The maximum absolute atomic E-state index is 13.1. The minimum absolute atomic E-state index is 0.108. The zero-order valence-corrected chi connectivity index (χ0v) is 67.1. The van der Waals surface area contributed by atoms with Gasteiger partial charge in [0, 0.05) is 25.7 Å². The van der Waals surface area contributed by atoms with Crippen LogP contribution in [0.25, 0.3) is 0 Å². The zero-order chi connectivity index (χ0) is 73.4. The van der Waals surface area contributed by atoms with E-state index in [0.29, 0.717) is 25.7 Å². The Morgan fingerprint density at radius 2 is 0.480 bits per heavy atom. The zero-order valence-electron chi connectivity index (χ0n) is 65.3. The number of carbonyl (C=O) groups is 4. The molecule has 0 fully saturated rings. The molecule has 0 radical (unpaired) electrons. The molecule has 0 saturated carbocycles. The molecular formula is C81H158O17P2. The topological polar surface area (TPSA) is 237 Å². The minimum atomic E-state index is -4.96. The molecule has 19 heteroatoms. The number of aliphatic hydroxyl groups is 1. The monoisotopic (exact) mass is 1470 g/mol. The van der Waals surface area contributed by atoms with Gasteiger partial charge in [-0.2, -0.15) is 0 Å². The highest BCUT2D eigenvalue weighted by molar-refractivity contribution is 7.47. The molecule has 0 spiro atoms. The van der Waals surface area contributed by atoms with Crippen LogP contribution in [0, 0.1) is 5.92 Å². The fourth-order valence-electron chi connectivity index (χ4n) is 12.6. The number of phosphoric acid groups is 2. The Kier molecular flexibility index (Phi) is 72.5. The number of unbranched alkanes of at least 4 members (excludes halogenated alkanes) is 52. The molecule has 0 aromatic rings. The van der Waals surface area contributed by atoms with Crippen molar-refractivity contribution in [3.05, 3.63) is 0 Å². The van der Waals surface area contributed by atoms with Crippen molar-refractivity contribution in [2.75, 3.05) is 39.6 Å². The molecular weight excluding hydrogens is 1310 g/mol. The van der Waals surface area contributed by atoms with Gasteiger partial charge in [-0.15, -0.1) is 0 Å². The molecule has 0 saturated heterocycles. The lowest BCUT2D eigenvalue weighted by Gasteiger charge is -2.21. The van der Waals surface area contributed by atoms with Gasteiger partial charge in [0.05, 0.1) is 26.4 Å². The fraction of sp³-hybridized carbons (Fsp3) is 0.951. The Morgan fingerprint density at radius 3 is 0.710 bits per heavy atom. The molecule has 594 valence electrons. The van der Waals surface area contributed by atoms with Crippen LogP contribution in [0.5, 0.6) is 0 Å². The molecule has 0 heterocycles. The first-order valence-electron chi connectivity index (χ1n) is 42.2. The van der Waals surface area contributed by atoms with Crippen LogP contribution < -0.4 is 0 Å². The van der Waals surface area contributed by atoms with E-state index >= 15 is 0 Å². The highest BCUT2D eigenvalue weighted by Gasteiger charge is 2.30. The van der Waals surface area contributed by atoms with Gasteiger partial charge in [0.2, 0.25) is 0 Å². The number of hydrogen-bond acceptors (Lipinski definition) is 15. The van der Waals surface area contributed by atoms with E-state index in [-0.39, 0.29) is 25.7 Å². The van der Waals surface area contributed by atoms with E-state index in [2.05, 4.69) is 34.6 Å². The minimum Gasteiger partial charge on any atom is -0.462 e. The summed E-state index contributed by atoms with van der Waals surface area (Å²) in [6.07, 6.45) is 65.7. The number of ether oxygens (including phenoxy) is 4. The largest absolute Gasteiger partial charge is 0.472 e. The maximum Gasteiger partial charge on any atom is 0.472 e. The van der Waals surface area contributed by atoms with Gasteiger partial charge < -0.3 is 33.8 Å². The first-order chi connectivity index (χ1) is 48.6. The molecule has 17 nitrogen and oxygen atoms in total. The van der Waals surface area contributed by atoms with Gasteiger partial charge >= 0.3 is 39.5 Å². The Balaban J connectivity index is 5.12. The number of aliphatic hydroxyl groups excluding tert-OH is 1. The molecule has 6 atom stereocenters. The summed E-state index contributed by atoms with van der Waals surface area (Å²) in [4.78, 5) is 72.7. The average Bonchev–Trinajstić information content (AvgIpc) is 0.920. The standard InChI is InChI=1S/C81H158O17P2/c1-6-10-13-16-18-20-22-24-26-28-29-30-31-32-34-40-44-48-52-57-62-67-81(86)98-77(71-92-79(84)65-60-55-50-46-42-38-36-35-37-41-45-49-54-58-63-74(5)9-4)73-96-100(89,90)94-69-75(82)68-93-99(87,88)95-72-76(70-91-78(83)64-59-53-15-12-8-3)97-80(85)66-61-56-51-47-43-39-33-27-25-23-21-19-17-14-11-7-2/h74-77,82H,6-73H2,1-5H3,(H,87,88)(H,89,90)/t74?,75-,76+,77+/m0/s1. The number of phosphoric ester groups is 2. The molecule has 0 aliphatic rings. The maximum atomic E-state index is 13.1. The van der Waals surface area contributed by atoms with E-state index in [0.717, 1.165) is 102 Å². The lowest BCUT2D eigenvalue weighted by molar-refractivity contribution is -0.161. The van der Waals surface area contributed by atoms with Gasteiger partial charge in [0.25, 0.3) is 0 Å². The molecule has 100 heavy (non-hydrogen) atoms. The Hall–Kier alpha value is -1.94. The van der Waals surface area contributed by atoms with Crippen molar-refractivity contribution < 1.29 is 80.2 Å². The van der Waals surface area contributed by atoms with Gasteiger partial charge in [-0.05, 0) is 31.6 Å². The summed E-state index contributed by atoms with van der Waals surface area (Å²) >= 11 is 0. The molecule has 0 rings (SSSR count). The summed E-state index contributed by atoms with van der Waals surface area (Å²) in [5.41, 5.74) is 0. The van der Waals surface area contributed by atoms with Crippen molar-refractivity contribution in [3.8, 4) is 0 Å². The van der Waals surface area contributed by atoms with Crippen LogP contribution in [0.1, 0.15) is 433 Å². The smallest absolute Gasteiger partial charge is 0.462 e. The third-order valence-corrected chi connectivity index (χ3v) is 21.3. The van der Waals surface area contributed by atoms with Crippen molar-refractivity contribution in [2.45, 2.75) is 451 Å². The summed E-state index contributed by atoms with van der Waals surface area (Å²) in [7, 11) is -9.91. The van der Waals surface area contributed by atoms with Crippen LogP contribution in [0.2, 0.25) is 0 Å². The van der Waals surface area contributed by atoms with Crippen molar-refractivity contribution in [3.63, 3.8) is 0 Å². The van der Waals surface area contributed by atoms with Gasteiger partial charge in [-0.1, -0.05) is 381 Å². The quantitative estimate of drug-likeness (QED) is 0.0222. The highest BCUT2D eigenvalue weighted by atomic mass is 31.2. The fourth-order valence-corrected chi connectivity index (χ4v) is 14.1. The van der Waals surface area contributed by atoms with Crippen LogP contribution in [-0.4, -0.2) is 96.7 Å². The molecule has 3 N–H and O–H groups in total. The van der Waals surface area contributed by atoms with Crippen molar-refractivity contribution >= 4 is 39.5 Å². The van der Waals surface area contributed by atoms with Crippen LogP contribution in [0.15, 0.2) is 0 Å². The Bertz CT molecular complexity index is 1910. The van der Waals surface area contributed by atoms with E-state index in [1.807, 2.05) is 0 Å². The summed E-state index contributed by atoms with van der Waals surface area (Å²) in [5.74, 6) is -1.27. The lowest BCUT2D eigenvalue weighted by atomic mass is 9.99. The molecule has 0 aliphatic carbocycles. The Labute approximate surface area is 613 Å². The molecule has 0 bridgehead atoms. The molecule has 0 amide bonds. The van der Waals surface area contributed by atoms with Crippen LogP contribution in [-0.2, 0) is 65.4 Å². The summed E-state index contributed by atoms with van der Waals surface area (Å²) < 4.78 is 68.5.